The minimum absolute atomic E-state index is 0.539. The molecule has 2 nitrogen and oxygen atoms in total. The van der Waals surface area contributed by atoms with Gasteiger partial charge in [-0.05, 0) is 49.6 Å². The molecular weight excluding hydrogens is 264 g/mol. The van der Waals surface area contributed by atoms with Gasteiger partial charge < -0.3 is 5.32 Å². The van der Waals surface area contributed by atoms with Crippen LogP contribution in [-0.2, 0) is 6.42 Å². The summed E-state index contributed by atoms with van der Waals surface area (Å²) in [6.45, 7) is 3.30. The van der Waals surface area contributed by atoms with E-state index in [1.807, 2.05) is 12.3 Å². The van der Waals surface area contributed by atoms with Crippen molar-refractivity contribution in [3.05, 3.63) is 29.0 Å². The fourth-order valence-corrected chi connectivity index (χ4v) is 3.98. The molecule has 4 heteroatoms. The van der Waals surface area contributed by atoms with Gasteiger partial charge in [-0.15, -0.1) is 0 Å². The lowest BCUT2D eigenvalue weighted by atomic mass is 10.0. The standard InChI is InChI=1S/C14H21ClN2S/c1-2-6-17-13(14-4-3-8-18-14)9-11-5-7-16-10-12(11)15/h5,7,10,13-14,17H,2-4,6,8-9H2,1H3. The first-order chi connectivity index (χ1) is 8.81. The first-order valence-corrected chi connectivity index (χ1v) is 8.17. The summed E-state index contributed by atoms with van der Waals surface area (Å²) in [5, 5.41) is 5.22. The van der Waals surface area contributed by atoms with Crippen LogP contribution in [0.15, 0.2) is 18.5 Å². The van der Waals surface area contributed by atoms with Crippen molar-refractivity contribution in [2.45, 2.75) is 43.9 Å². The van der Waals surface area contributed by atoms with Crippen LogP contribution in [0, 0.1) is 0 Å². The molecule has 1 aromatic rings. The molecule has 0 aromatic carbocycles. The Kier molecular flexibility index (Phi) is 5.80. The molecule has 2 unspecified atom stereocenters. The maximum absolute atomic E-state index is 6.21. The predicted octanol–water partition coefficient (Wildman–Crippen LogP) is 3.54. The highest BCUT2D eigenvalue weighted by Crippen LogP contribution is 2.31. The molecule has 18 heavy (non-hydrogen) atoms. The first-order valence-electron chi connectivity index (χ1n) is 6.74. The molecule has 0 radical (unpaired) electrons. The van der Waals surface area contributed by atoms with Crippen molar-refractivity contribution in [2.75, 3.05) is 12.3 Å². The molecule has 0 aliphatic carbocycles. The summed E-state index contributed by atoms with van der Waals surface area (Å²) in [6.07, 6.45) is 8.45. The third-order valence-electron chi connectivity index (χ3n) is 3.37. The number of hydrogen-bond donors (Lipinski definition) is 1. The second-order valence-corrected chi connectivity index (χ2v) is 6.54. The molecule has 1 saturated heterocycles. The molecule has 100 valence electrons. The van der Waals surface area contributed by atoms with E-state index in [4.69, 9.17) is 11.6 Å². The second-order valence-electron chi connectivity index (χ2n) is 4.78. The van der Waals surface area contributed by atoms with Crippen molar-refractivity contribution in [2.24, 2.45) is 0 Å². The van der Waals surface area contributed by atoms with Gasteiger partial charge in [-0.1, -0.05) is 18.5 Å². The van der Waals surface area contributed by atoms with Crippen LogP contribution in [0.1, 0.15) is 31.7 Å². The summed E-state index contributed by atoms with van der Waals surface area (Å²) in [5.41, 5.74) is 1.22. The normalized spacial score (nSPS) is 21.1. The van der Waals surface area contributed by atoms with Crippen LogP contribution in [-0.4, -0.2) is 28.6 Å². The van der Waals surface area contributed by atoms with Crippen LogP contribution in [0.5, 0.6) is 0 Å². The van der Waals surface area contributed by atoms with Gasteiger partial charge in [0.05, 0.1) is 5.02 Å². The average Bonchev–Trinajstić information content (AvgIpc) is 2.90. The van der Waals surface area contributed by atoms with Crippen LogP contribution >= 0.6 is 23.4 Å². The highest BCUT2D eigenvalue weighted by atomic mass is 35.5. The van der Waals surface area contributed by atoms with Gasteiger partial charge >= 0.3 is 0 Å². The van der Waals surface area contributed by atoms with Crippen LogP contribution in [0.25, 0.3) is 0 Å². The molecule has 2 atom stereocenters. The largest absolute Gasteiger partial charge is 0.313 e. The maximum atomic E-state index is 6.21. The molecule has 1 aromatic heterocycles. The highest BCUT2D eigenvalue weighted by molar-refractivity contribution is 8.00. The van der Waals surface area contributed by atoms with Crippen LogP contribution in [0.2, 0.25) is 5.02 Å². The van der Waals surface area contributed by atoms with Gasteiger partial charge in [0.25, 0.3) is 0 Å². The minimum Gasteiger partial charge on any atom is -0.313 e. The monoisotopic (exact) mass is 284 g/mol. The van der Waals surface area contributed by atoms with Crippen molar-refractivity contribution >= 4 is 23.4 Å². The number of nitrogens with one attached hydrogen (secondary N) is 1. The Labute approximate surface area is 119 Å². The van der Waals surface area contributed by atoms with Crippen molar-refractivity contribution in [1.82, 2.24) is 10.3 Å². The Morgan fingerprint density at radius 1 is 1.61 bits per heavy atom. The lowest BCUT2D eigenvalue weighted by Crippen LogP contribution is -2.39. The Balaban J connectivity index is 2.02. The Bertz CT molecular complexity index is 367. The van der Waals surface area contributed by atoms with E-state index in [1.165, 1.54) is 30.6 Å². The molecule has 1 N–H and O–H groups in total. The van der Waals surface area contributed by atoms with E-state index in [9.17, 15) is 0 Å². The zero-order chi connectivity index (χ0) is 12.8. The smallest absolute Gasteiger partial charge is 0.0621 e. The summed E-state index contributed by atoms with van der Waals surface area (Å²) in [4.78, 5) is 4.05. The van der Waals surface area contributed by atoms with Crippen LogP contribution < -0.4 is 5.32 Å². The molecule has 2 rings (SSSR count). The molecule has 0 amide bonds. The number of hydrogen-bond acceptors (Lipinski definition) is 3. The fraction of sp³-hybridized carbons (Fsp3) is 0.643. The van der Waals surface area contributed by atoms with Crippen molar-refractivity contribution in [3.63, 3.8) is 0 Å². The van der Waals surface area contributed by atoms with Gasteiger partial charge in [-0.25, -0.2) is 0 Å². The van der Waals surface area contributed by atoms with Gasteiger partial charge in [-0.2, -0.15) is 11.8 Å². The van der Waals surface area contributed by atoms with Crippen LogP contribution in [0.3, 0.4) is 0 Å². The van der Waals surface area contributed by atoms with E-state index in [2.05, 4.69) is 29.0 Å². The predicted molar refractivity (Wildman–Crippen MR) is 80.5 cm³/mol. The Morgan fingerprint density at radius 2 is 2.50 bits per heavy atom. The number of rotatable bonds is 6. The SMILES string of the molecule is CCCNC(Cc1ccncc1Cl)C1CCCS1. The third kappa shape index (κ3) is 3.87. The van der Waals surface area contributed by atoms with Gasteiger partial charge in [0.1, 0.15) is 0 Å². The molecule has 2 heterocycles. The molecule has 1 aliphatic rings. The number of aromatic nitrogens is 1. The van der Waals surface area contributed by atoms with Crippen molar-refractivity contribution in [1.29, 1.82) is 0 Å². The average molecular weight is 285 g/mol. The quantitative estimate of drug-likeness (QED) is 0.865. The van der Waals surface area contributed by atoms with E-state index < -0.39 is 0 Å². The Morgan fingerprint density at radius 3 is 3.17 bits per heavy atom. The zero-order valence-corrected chi connectivity index (χ0v) is 12.4. The van der Waals surface area contributed by atoms with Gasteiger partial charge in [0, 0.05) is 23.7 Å². The maximum Gasteiger partial charge on any atom is 0.0621 e. The van der Waals surface area contributed by atoms with E-state index in [0.717, 1.165) is 23.2 Å². The highest BCUT2D eigenvalue weighted by Gasteiger charge is 2.25. The van der Waals surface area contributed by atoms with Crippen molar-refractivity contribution in [3.8, 4) is 0 Å². The number of pyridine rings is 1. The molecule has 1 aliphatic heterocycles. The topological polar surface area (TPSA) is 24.9 Å². The molecular formula is C14H21ClN2S. The summed E-state index contributed by atoms with van der Waals surface area (Å²) in [6, 6.07) is 2.58. The summed E-state index contributed by atoms with van der Waals surface area (Å²) >= 11 is 8.32. The summed E-state index contributed by atoms with van der Waals surface area (Å²) in [7, 11) is 0. The van der Waals surface area contributed by atoms with E-state index in [0.29, 0.717) is 6.04 Å². The van der Waals surface area contributed by atoms with Gasteiger partial charge in [0.2, 0.25) is 0 Å². The molecule has 0 saturated carbocycles. The van der Waals surface area contributed by atoms with E-state index in [1.54, 1.807) is 6.20 Å². The van der Waals surface area contributed by atoms with E-state index >= 15 is 0 Å². The lowest BCUT2D eigenvalue weighted by molar-refractivity contribution is 0.482. The third-order valence-corrected chi connectivity index (χ3v) is 5.22. The van der Waals surface area contributed by atoms with Gasteiger partial charge in [0.15, 0.2) is 0 Å². The molecule has 0 bridgehead atoms. The minimum atomic E-state index is 0.539. The Hall–Kier alpha value is -0.250. The van der Waals surface area contributed by atoms with Crippen LogP contribution in [0.4, 0.5) is 0 Å². The summed E-state index contributed by atoms with van der Waals surface area (Å²) < 4.78 is 0. The summed E-state index contributed by atoms with van der Waals surface area (Å²) in [5.74, 6) is 1.30. The van der Waals surface area contributed by atoms with E-state index in [-0.39, 0.29) is 0 Å². The van der Waals surface area contributed by atoms with Crippen molar-refractivity contribution < 1.29 is 0 Å². The zero-order valence-electron chi connectivity index (χ0n) is 10.9. The number of thioether (sulfide) groups is 1. The molecule has 1 fully saturated rings. The number of nitrogens with zero attached hydrogens (tertiary/aromatic N) is 1. The molecule has 0 spiro atoms. The second kappa shape index (κ2) is 7.37. The first kappa shape index (κ1) is 14.2. The number of halogens is 1. The van der Waals surface area contributed by atoms with Gasteiger partial charge in [-0.3, -0.25) is 4.98 Å². The fourth-order valence-electron chi connectivity index (χ4n) is 2.39. The lowest BCUT2D eigenvalue weighted by Gasteiger charge is -2.24.